The molecule has 12 heteroatoms. The molecule has 1 heterocycles. The van der Waals surface area contributed by atoms with Crippen molar-refractivity contribution in [1.82, 2.24) is 10.6 Å². The molecule has 2 aromatic carbocycles. The summed E-state index contributed by atoms with van der Waals surface area (Å²) in [6.45, 7) is 7.44. The molecule has 1 aliphatic heterocycles. The molecule has 1 aliphatic rings. The number of halogens is 4. The highest BCUT2D eigenvalue weighted by atomic mass is 35.5. The molecule has 0 saturated carbocycles. The van der Waals surface area contributed by atoms with Gasteiger partial charge in [0, 0.05) is 36.0 Å². The molecule has 226 valence electrons. The fraction of sp³-hybridized carbons (Fsp3) is 0.517. The van der Waals surface area contributed by atoms with E-state index in [4.69, 9.17) is 28.3 Å². The Morgan fingerprint density at radius 3 is 2.34 bits per heavy atom. The van der Waals surface area contributed by atoms with E-state index in [1.165, 1.54) is 30.3 Å². The second-order valence-corrected chi connectivity index (χ2v) is 12.4. The third-order valence-electron chi connectivity index (χ3n) is 7.71. The molecule has 0 aliphatic carbocycles. The maximum atomic E-state index is 15.2. The highest BCUT2D eigenvalue weighted by molar-refractivity contribution is 6.31. The second-order valence-electron chi connectivity index (χ2n) is 11.6. The van der Waals surface area contributed by atoms with Gasteiger partial charge in [-0.1, -0.05) is 57.0 Å². The van der Waals surface area contributed by atoms with Gasteiger partial charge in [-0.25, -0.2) is 13.6 Å². The number of benzene rings is 2. The standard InChI is InChI=1S/C29H37Cl2F2N3O5/c1-5-29(16-11-20(33)18(31)12-21(16)35-14-37)23(13-28(2,3)4)36-25(26(39)34-9-8-22(38)27(40)41)24(29)15-6-7-19(32)17(30)10-15/h6-7,10-12,22-25,35-38H,5,8-9,13-14H2,1-4H3,(H,34,39)(H,40,41)/t22-,23?,24-,25+,29+/m0/s1. The van der Waals surface area contributed by atoms with Crippen molar-refractivity contribution in [3.8, 4) is 0 Å². The zero-order valence-electron chi connectivity index (χ0n) is 23.4. The van der Waals surface area contributed by atoms with Crippen molar-refractivity contribution in [1.29, 1.82) is 0 Å². The number of amides is 1. The largest absolute Gasteiger partial charge is 0.479 e. The van der Waals surface area contributed by atoms with Crippen LogP contribution in [0.5, 0.6) is 0 Å². The number of hydrogen-bond acceptors (Lipinski definition) is 6. The van der Waals surface area contributed by atoms with Gasteiger partial charge in [0.15, 0.2) is 6.10 Å². The van der Waals surface area contributed by atoms with Gasteiger partial charge in [-0.15, -0.1) is 0 Å². The average molecular weight is 617 g/mol. The molecule has 3 rings (SSSR count). The van der Waals surface area contributed by atoms with Crippen molar-refractivity contribution in [3.05, 3.63) is 63.1 Å². The van der Waals surface area contributed by atoms with Crippen molar-refractivity contribution in [2.75, 3.05) is 18.6 Å². The number of aliphatic carboxylic acids is 1. The zero-order valence-corrected chi connectivity index (χ0v) is 24.9. The van der Waals surface area contributed by atoms with E-state index in [-0.39, 0.29) is 28.4 Å². The third-order valence-corrected chi connectivity index (χ3v) is 8.29. The summed E-state index contributed by atoms with van der Waals surface area (Å²) in [6.07, 6.45) is -0.927. The Kier molecular flexibility index (Phi) is 10.6. The molecule has 0 radical (unpaired) electrons. The molecule has 1 unspecified atom stereocenters. The van der Waals surface area contributed by atoms with Crippen molar-refractivity contribution >= 4 is 40.8 Å². The van der Waals surface area contributed by atoms with E-state index in [9.17, 15) is 24.2 Å². The van der Waals surface area contributed by atoms with Crippen LogP contribution in [0.2, 0.25) is 10.0 Å². The number of carboxylic acids is 1. The first-order chi connectivity index (χ1) is 19.2. The summed E-state index contributed by atoms with van der Waals surface area (Å²) in [5.74, 6) is -3.92. The van der Waals surface area contributed by atoms with Gasteiger partial charge in [0.25, 0.3) is 0 Å². The first kappa shape index (κ1) is 33.0. The van der Waals surface area contributed by atoms with Crippen molar-refractivity contribution < 1.29 is 33.7 Å². The minimum atomic E-state index is -1.65. The number of hydrogen-bond donors (Lipinski definition) is 6. The van der Waals surface area contributed by atoms with Crippen LogP contribution in [0.25, 0.3) is 0 Å². The molecule has 1 amide bonds. The van der Waals surface area contributed by atoms with Gasteiger partial charge in [-0.2, -0.15) is 0 Å². The van der Waals surface area contributed by atoms with Gasteiger partial charge in [0.2, 0.25) is 5.91 Å². The van der Waals surface area contributed by atoms with Crippen molar-refractivity contribution in [2.24, 2.45) is 5.41 Å². The van der Waals surface area contributed by atoms with E-state index >= 15 is 4.39 Å². The molecule has 1 fully saturated rings. The van der Waals surface area contributed by atoms with Crippen LogP contribution in [-0.4, -0.2) is 58.7 Å². The lowest BCUT2D eigenvalue weighted by atomic mass is 9.60. The summed E-state index contributed by atoms with van der Waals surface area (Å²) in [7, 11) is 0. The van der Waals surface area contributed by atoms with Crippen LogP contribution in [0.15, 0.2) is 30.3 Å². The molecule has 1 saturated heterocycles. The van der Waals surface area contributed by atoms with Gasteiger partial charge in [-0.05, 0) is 53.6 Å². The maximum absolute atomic E-state index is 15.2. The summed E-state index contributed by atoms with van der Waals surface area (Å²) < 4.78 is 29.5. The van der Waals surface area contributed by atoms with Crippen molar-refractivity contribution in [3.63, 3.8) is 0 Å². The van der Waals surface area contributed by atoms with Gasteiger partial charge in [0.05, 0.1) is 16.1 Å². The van der Waals surface area contributed by atoms with Gasteiger partial charge in [0.1, 0.15) is 18.4 Å². The number of carboxylic acid groups (broad SMARTS) is 1. The van der Waals surface area contributed by atoms with E-state index < -0.39 is 59.8 Å². The number of nitrogens with one attached hydrogen (secondary N) is 3. The van der Waals surface area contributed by atoms with E-state index in [0.717, 1.165) is 0 Å². The number of aliphatic hydroxyl groups excluding tert-OH is 2. The smallest absolute Gasteiger partial charge is 0.332 e. The van der Waals surface area contributed by atoms with Crippen LogP contribution in [0.3, 0.4) is 0 Å². The van der Waals surface area contributed by atoms with E-state index in [0.29, 0.717) is 29.7 Å². The number of aliphatic hydroxyl groups is 2. The van der Waals surface area contributed by atoms with Crippen molar-refractivity contribution in [2.45, 2.75) is 76.5 Å². The Morgan fingerprint density at radius 2 is 1.78 bits per heavy atom. The predicted molar refractivity (Wildman–Crippen MR) is 154 cm³/mol. The van der Waals surface area contributed by atoms with Crippen LogP contribution in [0.1, 0.15) is 64.0 Å². The molecule has 2 aromatic rings. The first-order valence-electron chi connectivity index (χ1n) is 13.4. The first-order valence-corrected chi connectivity index (χ1v) is 14.2. The molecule has 0 bridgehead atoms. The molecular weight excluding hydrogens is 579 g/mol. The highest BCUT2D eigenvalue weighted by Gasteiger charge is 2.58. The summed E-state index contributed by atoms with van der Waals surface area (Å²) in [6, 6.07) is 5.53. The van der Waals surface area contributed by atoms with E-state index in [1.54, 1.807) is 0 Å². The summed E-state index contributed by atoms with van der Waals surface area (Å²) in [5.41, 5.74) is 0.124. The number of rotatable bonds is 11. The quantitative estimate of drug-likeness (QED) is 0.200. The monoisotopic (exact) mass is 615 g/mol. The highest BCUT2D eigenvalue weighted by Crippen LogP contribution is 2.55. The normalized spacial score (nSPS) is 23.3. The minimum Gasteiger partial charge on any atom is -0.479 e. The summed E-state index contributed by atoms with van der Waals surface area (Å²) in [4.78, 5) is 24.8. The molecule has 6 N–H and O–H groups in total. The summed E-state index contributed by atoms with van der Waals surface area (Å²) in [5, 5.41) is 37.2. The Balaban J connectivity index is 2.27. The maximum Gasteiger partial charge on any atom is 0.332 e. The fourth-order valence-electron chi connectivity index (χ4n) is 5.99. The number of carbonyl (C=O) groups excluding carboxylic acids is 1. The Hall–Kier alpha value is -2.50. The Labute approximate surface area is 248 Å². The van der Waals surface area contributed by atoms with Crippen LogP contribution < -0.4 is 16.0 Å². The lowest BCUT2D eigenvalue weighted by molar-refractivity contribution is -0.147. The number of anilines is 1. The predicted octanol–water partition coefficient (Wildman–Crippen LogP) is 4.79. The lowest BCUT2D eigenvalue weighted by Gasteiger charge is -2.43. The number of carbonyl (C=O) groups is 2. The molecule has 0 spiro atoms. The van der Waals surface area contributed by atoms with Crippen LogP contribution in [0, 0.1) is 17.0 Å². The van der Waals surface area contributed by atoms with Gasteiger partial charge >= 0.3 is 5.97 Å². The second kappa shape index (κ2) is 13.2. The average Bonchev–Trinajstić information content (AvgIpc) is 3.20. The van der Waals surface area contributed by atoms with Crippen LogP contribution >= 0.6 is 23.2 Å². The fourth-order valence-corrected chi connectivity index (χ4v) is 6.35. The van der Waals surface area contributed by atoms with Gasteiger partial charge < -0.3 is 31.3 Å². The topological polar surface area (TPSA) is 131 Å². The molecule has 8 nitrogen and oxygen atoms in total. The summed E-state index contributed by atoms with van der Waals surface area (Å²) >= 11 is 12.4. The zero-order chi connectivity index (χ0) is 30.7. The molecular formula is C29H37Cl2F2N3O5. The van der Waals surface area contributed by atoms with E-state index in [2.05, 4.69) is 16.0 Å². The molecule has 0 aromatic heterocycles. The van der Waals surface area contributed by atoms with Gasteiger partial charge in [-0.3, -0.25) is 4.79 Å². The molecule has 41 heavy (non-hydrogen) atoms. The van der Waals surface area contributed by atoms with E-state index in [1.807, 2.05) is 27.7 Å². The van der Waals surface area contributed by atoms with Crippen LogP contribution in [-0.2, 0) is 15.0 Å². The third kappa shape index (κ3) is 7.11. The minimum absolute atomic E-state index is 0.114. The Bertz CT molecular complexity index is 1280. The lowest BCUT2D eigenvalue weighted by Crippen LogP contribution is -2.46. The molecule has 5 atom stereocenters. The SMILES string of the molecule is CC[C@@]1(c2cc(F)c(Cl)cc2NCO)C(CC(C)(C)C)N[C@@H](C(=O)NCC[C@H](O)C(=O)O)[C@@H]1c1ccc(F)c(Cl)c1. The van der Waals surface area contributed by atoms with Crippen LogP contribution in [0.4, 0.5) is 14.5 Å². The Morgan fingerprint density at radius 1 is 1.12 bits per heavy atom.